The van der Waals surface area contributed by atoms with Crippen molar-refractivity contribution in [2.45, 2.75) is 26.5 Å². The van der Waals surface area contributed by atoms with E-state index < -0.39 is 0 Å². The van der Waals surface area contributed by atoms with Crippen LogP contribution in [0.4, 0.5) is 5.13 Å². The fourth-order valence-corrected chi connectivity index (χ4v) is 3.98. The molecule has 2 aromatic heterocycles. The number of thiazole rings is 1. The SMILES string of the molecule is COCc1nc2c(o1)CCN(C(=O)c1cc(C)c3nc(N)sc3c1)C2. The number of anilines is 1. The zero-order chi connectivity index (χ0) is 17.6. The van der Waals surface area contributed by atoms with Gasteiger partial charge < -0.3 is 19.8 Å². The summed E-state index contributed by atoms with van der Waals surface area (Å²) in [6, 6.07) is 3.74. The van der Waals surface area contributed by atoms with Crippen LogP contribution in [0.1, 0.15) is 33.3 Å². The van der Waals surface area contributed by atoms with Crippen LogP contribution in [0.2, 0.25) is 0 Å². The van der Waals surface area contributed by atoms with Gasteiger partial charge in [-0.2, -0.15) is 0 Å². The number of carbonyl (C=O) groups excluding carboxylic acids is 1. The Kier molecular flexibility index (Phi) is 3.93. The number of ether oxygens (including phenoxy) is 1. The highest BCUT2D eigenvalue weighted by Crippen LogP contribution is 2.29. The van der Waals surface area contributed by atoms with Gasteiger partial charge in [0.15, 0.2) is 5.13 Å². The van der Waals surface area contributed by atoms with Gasteiger partial charge in [0.1, 0.15) is 18.1 Å². The lowest BCUT2D eigenvalue weighted by Gasteiger charge is -2.25. The van der Waals surface area contributed by atoms with Crippen molar-refractivity contribution in [1.82, 2.24) is 14.9 Å². The van der Waals surface area contributed by atoms with E-state index in [-0.39, 0.29) is 5.91 Å². The first-order valence-electron chi connectivity index (χ1n) is 7.97. The third-order valence-corrected chi connectivity index (χ3v) is 5.11. The molecule has 1 aliphatic heterocycles. The second-order valence-corrected chi connectivity index (χ2v) is 7.14. The molecule has 1 amide bonds. The van der Waals surface area contributed by atoms with Gasteiger partial charge in [0.05, 0.1) is 16.8 Å². The highest BCUT2D eigenvalue weighted by Gasteiger charge is 2.26. The van der Waals surface area contributed by atoms with E-state index in [2.05, 4.69) is 9.97 Å². The molecule has 0 unspecified atom stereocenters. The van der Waals surface area contributed by atoms with Gasteiger partial charge in [-0.25, -0.2) is 9.97 Å². The zero-order valence-electron chi connectivity index (χ0n) is 14.0. The number of methoxy groups -OCH3 is 1. The number of hydrogen-bond acceptors (Lipinski definition) is 7. The van der Waals surface area contributed by atoms with Gasteiger partial charge in [-0.3, -0.25) is 4.79 Å². The summed E-state index contributed by atoms with van der Waals surface area (Å²) in [5.41, 5.74) is 9.07. The molecule has 3 aromatic rings. The minimum Gasteiger partial charge on any atom is -0.443 e. The Morgan fingerprint density at radius 1 is 1.44 bits per heavy atom. The summed E-state index contributed by atoms with van der Waals surface area (Å²) < 4.78 is 11.7. The van der Waals surface area contributed by atoms with Crippen LogP contribution in [-0.4, -0.2) is 34.4 Å². The van der Waals surface area contributed by atoms with E-state index in [9.17, 15) is 4.79 Å². The molecule has 4 rings (SSSR count). The molecule has 7 nitrogen and oxygen atoms in total. The maximum absolute atomic E-state index is 12.9. The molecule has 0 spiro atoms. The molecule has 0 fully saturated rings. The molecule has 0 radical (unpaired) electrons. The van der Waals surface area contributed by atoms with Gasteiger partial charge in [0.2, 0.25) is 5.89 Å². The number of nitrogens with zero attached hydrogens (tertiary/aromatic N) is 3. The smallest absolute Gasteiger partial charge is 0.254 e. The summed E-state index contributed by atoms with van der Waals surface area (Å²) >= 11 is 1.40. The van der Waals surface area contributed by atoms with E-state index >= 15 is 0 Å². The Morgan fingerprint density at radius 3 is 3.08 bits per heavy atom. The number of nitrogens with two attached hydrogens (primary N) is 1. The Bertz CT molecular complexity index is 962. The minimum absolute atomic E-state index is 0.0149. The largest absolute Gasteiger partial charge is 0.443 e. The third-order valence-electron chi connectivity index (χ3n) is 4.28. The number of oxazole rings is 1. The van der Waals surface area contributed by atoms with Crippen LogP contribution in [0.5, 0.6) is 0 Å². The molecular weight excluding hydrogens is 340 g/mol. The number of fused-ring (bicyclic) bond motifs is 2. The zero-order valence-corrected chi connectivity index (χ0v) is 14.9. The topological polar surface area (TPSA) is 94.5 Å². The third kappa shape index (κ3) is 2.87. The Labute approximate surface area is 148 Å². The summed E-state index contributed by atoms with van der Waals surface area (Å²) in [5, 5.41) is 0.513. The van der Waals surface area contributed by atoms with E-state index in [0.717, 1.165) is 27.2 Å². The lowest BCUT2D eigenvalue weighted by atomic mass is 10.1. The Hall–Kier alpha value is -2.45. The molecule has 130 valence electrons. The number of carbonyl (C=O) groups is 1. The first kappa shape index (κ1) is 16.0. The van der Waals surface area contributed by atoms with E-state index in [4.69, 9.17) is 14.9 Å². The molecule has 0 bridgehead atoms. The molecule has 3 heterocycles. The van der Waals surface area contributed by atoms with Crippen LogP contribution in [0.15, 0.2) is 16.5 Å². The van der Waals surface area contributed by atoms with Gasteiger partial charge in [-0.15, -0.1) is 0 Å². The van der Waals surface area contributed by atoms with Crippen molar-refractivity contribution in [2.24, 2.45) is 0 Å². The number of aromatic nitrogens is 2. The van der Waals surface area contributed by atoms with Crippen molar-refractivity contribution in [3.05, 3.63) is 40.6 Å². The second kappa shape index (κ2) is 6.12. The molecule has 0 aliphatic carbocycles. The van der Waals surface area contributed by atoms with Crippen molar-refractivity contribution >= 4 is 32.6 Å². The minimum atomic E-state index is -0.0149. The average Bonchev–Trinajstić information content (AvgIpc) is 3.16. The van der Waals surface area contributed by atoms with Crippen LogP contribution >= 0.6 is 11.3 Å². The number of benzene rings is 1. The molecule has 1 aromatic carbocycles. The molecular formula is C17H18N4O3S. The molecule has 25 heavy (non-hydrogen) atoms. The molecule has 8 heteroatoms. The molecule has 0 atom stereocenters. The maximum atomic E-state index is 12.9. The second-order valence-electron chi connectivity index (χ2n) is 6.08. The fourth-order valence-electron chi connectivity index (χ4n) is 3.13. The van der Waals surface area contributed by atoms with E-state index in [1.165, 1.54) is 11.3 Å². The summed E-state index contributed by atoms with van der Waals surface area (Å²) in [6.07, 6.45) is 0.659. The van der Waals surface area contributed by atoms with E-state index in [1.54, 1.807) is 12.0 Å². The monoisotopic (exact) mass is 358 g/mol. The highest BCUT2D eigenvalue weighted by atomic mass is 32.1. The number of nitrogen functional groups attached to an aromatic ring is 1. The van der Waals surface area contributed by atoms with Crippen LogP contribution in [-0.2, 0) is 24.3 Å². The van der Waals surface area contributed by atoms with Crippen molar-refractivity contribution in [1.29, 1.82) is 0 Å². The molecule has 0 saturated heterocycles. The van der Waals surface area contributed by atoms with Crippen LogP contribution in [0, 0.1) is 6.92 Å². The van der Waals surface area contributed by atoms with Gasteiger partial charge in [-0.05, 0) is 24.6 Å². The summed E-state index contributed by atoms with van der Waals surface area (Å²) in [6.45, 7) is 3.34. The lowest BCUT2D eigenvalue weighted by molar-refractivity contribution is 0.0727. The predicted octanol–water partition coefficient (Wildman–Crippen LogP) is 2.52. The maximum Gasteiger partial charge on any atom is 0.254 e. The van der Waals surface area contributed by atoms with Crippen LogP contribution in [0.25, 0.3) is 10.2 Å². The van der Waals surface area contributed by atoms with Crippen molar-refractivity contribution < 1.29 is 13.9 Å². The van der Waals surface area contributed by atoms with E-state index in [1.807, 2.05) is 19.1 Å². The molecule has 2 N–H and O–H groups in total. The fraction of sp³-hybridized carbons (Fsp3) is 0.353. The Morgan fingerprint density at radius 2 is 2.28 bits per heavy atom. The van der Waals surface area contributed by atoms with Gasteiger partial charge in [0, 0.05) is 25.6 Å². The van der Waals surface area contributed by atoms with Crippen molar-refractivity contribution in [3.63, 3.8) is 0 Å². The van der Waals surface area contributed by atoms with Gasteiger partial charge in [0.25, 0.3) is 5.91 Å². The average molecular weight is 358 g/mol. The number of rotatable bonds is 3. The van der Waals surface area contributed by atoms with Crippen molar-refractivity contribution in [3.8, 4) is 0 Å². The van der Waals surface area contributed by atoms with Gasteiger partial charge >= 0.3 is 0 Å². The standard InChI is InChI=1S/C17H18N4O3S/c1-9-5-10(6-13-15(9)20-17(18)25-13)16(22)21-4-3-12-11(7-21)19-14(24-12)8-23-2/h5-6H,3-4,7-8H2,1-2H3,(H2,18,20). The highest BCUT2D eigenvalue weighted by molar-refractivity contribution is 7.22. The lowest BCUT2D eigenvalue weighted by Crippen LogP contribution is -2.35. The number of hydrogen-bond donors (Lipinski definition) is 1. The first-order valence-corrected chi connectivity index (χ1v) is 8.79. The van der Waals surface area contributed by atoms with Crippen LogP contribution < -0.4 is 5.73 Å². The Balaban J connectivity index is 1.60. The molecule has 0 saturated carbocycles. The van der Waals surface area contributed by atoms with E-state index in [0.29, 0.717) is 42.7 Å². The normalized spacial score (nSPS) is 14.1. The summed E-state index contributed by atoms with van der Waals surface area (Å²) in [4.78, 5) is 23.5. The predicted molar refractivity (Wildman–Crippen MR) is 94.4 cm³/mol. The number of aryl methyl sites for hydroxylation is 1. The van der Waals surface area contributed by atoms with Gasteiger partial charge in [-0.1, -0.05) is 11.3 Å². The summed E-state index contributed by atoms with van der Waals surface area (Å²) in [5.74, 6) is 1.39. The number of amides is 1. The summed E-state index contributed by atoms with van der Waals surface area (Å²) in [7, 11) is 1.60. The molecule has 1 aliphatic rings. The van der Waals surface area contributed by atoms with Crippen LogP contribution in [0.3, 0.4) is 0 Å². The quantitative estimate of drug-likeness (QED) is 0.773. The van der Waals surface area contributed by atoms with Crippen molar-refractivity contribution in [2.75, 3.05) is 19.4 Å². The first-order chi connectivity index (χ1) is 12.0.